The van der Waals surface area contributed by atoms with Gasteiger partial charge in [0.2, 0.25) is 15.9 Å². The third-order valence-electron chi connectivity index (χ3n) is 6.77. The van der Waals surface area contributed by atoms with Crippen LogP contribution in [-0.4, -0.2) is 55.9 Å². The lowest BCUT2D eigenvalue weighted by molar-refractivity contribution is -0.129. The highest BCUT2D eigenvalue weighted by Crippen LogP contribution is 2.41. The first-order valence-electron chi connectivity index (χ1n) is 11.8. The minimum Gasteiger partial charge on any atom is -0.379 e. The van der Waals surface area contributed by atoms with Crippen molar-refractivity contribution in [3.8, 4) is 0 Å². The number of nitrogens with zero attached hydrogens (tertiary/aromatic N) is 2. The zero-order valence-corrected chi connectivity index (χ0v) is 19.5. The van der Waals surface area contributed by atoms with Crippen molar-refractivity contribution in [2.24, 2.45) is 0 Å². The zero-order valence-electron chi connectivity index (χ0n) is 18.7. The van der Waals surface area contributed by atoms with Gasteiger partial charge in [-0.3, -0.25) is 4.79 Å². The third-order valence-corrected chi connectivity index (χ3v) is 8.69. The zero-order chi connectivity index (χ0) is 22.8. The van der Waals surface area contributed by atoms with Gasteiger partial charge in [0, 0.05) is 25.2 Å². The Labute approximate surface area is 195 Å². The van der Waals surface area contributed by atoms with Crippen LogP contribution in [0.15, 0.2) is 59.5 Å². The summed E-state index contributed by atoms with van der Waals surface area (Å²) in [4.78, 5) is 15.6. The van der Waals surface area contributed by atoms with E-state index in [2.05, 4.69) is 29.2 Å². The normalized spacial score (nSPS) is 21.6. The monoisotopic (exact) mass is 466 g/mol. The second-order valence-electron chi connectivity index (χ2n) is 9.00. The van der Waals surface area contributed by atoms with Gasteiger partial charge in [0.1, 0.15) is 0 Å². The molecule has 0 spiro atoms. The number of hydrogen-bond donors (Lipinski definition) is 0. The Morgan fingerprint density at radius 2 is 1.73 bits per heavy atom. The molecule has 1 heterocycles. The van der Waals surface area contributed by atoms with Crippen LogP contribution in [0.2, 0.25) is 0 Å². The van der Waals surface area contributed by atoms with Crippen molar-refractivity contribution in [3.05, 3.63) is 71.3 Å². The van der Waals surface area contributed by atoms with Crippen molar-refractivity contribution in [2.45, 2.75) is 49.1 Å². The summed E-state index contributed by atoms with van der Waals surface area (Å²) < 4.78 is 32.3. The number of amides is 1. The van der Waals surface area contributed by atoms with Crippen molar-refractivity contribution in [1.29, 1.82) is 0 Å². The van der Waals surface area contributed by atoms with E-state index in [-0.39, 0.29) is 16.8 Å². The number of fused-ring (bicyclic) bond motifs is 1. The average Bonchev–Trinajstić information content (AvgIpc) is 3.69. The maximum atomic E-state index is 13.3. The molecule has 5 rings (SSSR count). The van der Waals surface area contributed by atoms with E-state index in [0.29, 0.717) is 32.3 Å². The molecule has 6 nitrogen and oxygen atoms in total. The molecule has 1 saturated carbocycles. The summed E-state index contributed by atoms with van der Waals surface area (Å²) in [6.07, 6.45) is 8.73. The van der Waals surface area contributed by atoms with E-state index >= 15 is 0 Å². The largest absolute Gasteiger partial charge is 0.379 e. The summed E-state index contributed by atoms with van der Waals surface area (Å²) in [5.74, 6) is 0.0317. The van der Waals surface area contributed by atoms with Crippen LogP contribution >= 0.6 is 0 Å². The first kappa shape index (κ1) is 22.3. The first-order valence-corrected chi connectivity index (χ1v) is 13.2. The number of hydrogen-bond acceptors (Lipinski definition) is 4. The molecular formula is C26H30N2O4S. The summed E-state index contributed by atoms with van der Waals surface area (Å²) in [7, 11) is -3.52. The van der Waals surface area contributed by atoms with Crippen LogP contribution in [0, 0.1) is 0 Å². The molecule has 33 heavy (non-hydrogen) atoms. The van der Waals surface area contributed by atoms with E-state index in [1.165, 1.54) is 15.4 Å². The smallest absolute Gasteiger partial charge is 0.247 e. The Balaban J connectivity index is 1.31. The molecule has 2 aromatic rings. The maximum absolute atomic E-state index is 13.3. The molecular weight excluding hydrogens is 436 g/mol. The number of rotatable bonds is 6. The lowest BCUT2D eigenvalue weighted by atomic mass is 9.86. The molecule has 2 aromatic carbocycles. The maximum Gasteiger partial charge on any atom is 0.247 e. The van der Waals surface area contributed by atoms with E-state index in [1.807, 2.05) is 0 Å². The Morgan fingerprint density at radius 1 is 1.00 bits per heavy atom. The molecule has 2 aliphatic carbocycles. The molecule has 0 aromatic heterocycles. The van der Waals surface area contributed by atoms with Crippen molar-refractivity contribution in [2.75, 3.05) is 26.3 Å². The summed E-state index contributed by atoms with van der Waals surface area (Å²) in [6, 6.07) is 15.7. The van der Waals surface area contributed by atoms with E-state index in [1.54, 1.807) is 36.4 Å². The molecule has 1 amide bonds. The van der Waals surface area contributed by atoms with Crippen molar-refractivity contribution >= 4 is 22.0 Å². The Hall–Kier alpha value is -2.48. The van der Waals surface area contributed by atoms with E-state index in [9.17, 15) is 13.2 Å². The summed E-state index contributed by atoms with van der Waals surface area (Å²) in [6.45, 7) is 1.59. The predicted octanol–water partition coefficient (Wildman–Crippen LogP) is 3.79. The minimum absolute atomic E-state index is 0.0317. The van der Waals surface area contributed by atoms with Gasteiger partial charge in [-0.25, -0.2) is 8.42 Å². The fraction of sp³-hybridized carbons (Fsp3) is 0.423. The molecule has 1 saturated heterocycles. The van der Waals surface area contributed by atoms with Crippen LogP contribution in [0.1, 0.15) is 48.4 Å². The Morgan fingerprint density at radius 3 is 2.45 bits per heavy atom. The fourth-order valence-electron chi connectivity index (χ4n) is 4.90. The lowest BCUT2D eigenvalue weighted by Gasteiger charge is -2.35. The van der Waals surface area contributed by atoms with E-state index in [4.69, 9.17) is 4.74 Å². The van der Waals surface area contributed by atoms with Gasteiger partial charge in [0.05, 0.1) is 24.2 Å². The highest BCUT2D eigenvalue weighted by molar-refractivity contribution is 7.89. The van der Waals surface area contributed by atoms with Crippen molar-refractivity contribution in [1.82, 2.24) is 9.21 Å². The van der Waals surface area contributed by atoms with Gasteiger partial charge < -0.3 is 9.64 Å². The van der Waals surface area contributed by atoms with Gasteiger partial charge in [0.15, 0.2) is 0 Å². The molecule has 2 fully saturated rings. The predicted molar refractivity (Wildman–Crippen MR) is 127 cm³/mol. The van der Waals surface area contributed by atoms with Crippen LogP contribution in [0.25, 0.3) is 6.08 Å². The van der Waals surface area contributed by atoms with Gasteiger partial charge in [-0.15, -0.1) is 0 Å². The SMILES string of the molecule is O=C(/C=C/c1ccc(S(=O)(=O)N2CCOCC2)cc1)N(C1CC1)C1CCCc2ccccc21. The van der Waals surface area contributed by atoms with Gasteiger partial charge in [-0.05, 0) is 67.0 Å². The molecule has 1 unspecified atom stereocenters. The molecule has 0 N–H and O–H groups in total. The number of ether oxygens (including phenoxy) is 1. The highest BCUT2D eigenvalue weighted by Gasteiger charge is 2.38. The molecule has 7 heteroatoms. The quantitative estimate of drug-likeness (QED) is 0.608. The van der Waals surface area contributed by atoms with E-state index < -0.39 is 10.0 Å². The van der Waals surface area contributed by atoms with Crippen LogP contribution in [-0.2, 0) is 26.0 Å². The lowest BCUT2D eigenvalue weighted by Crippen LogP contribution is -2.40. The van der Waals surface area contributed by atoms with Crippen LogP contribution in [0.3, 0.4) is 0 Å². The van der Waals surface area contributed by atoms with Crippen molar-refractivity contribution in [3.63, 3.8) is 0 Å². The minimum atomic E-state index is -3.52. The fourth-order valence-corrected chi connectivity index (χ4v) is 6.31. The molecule has 3 aliphatic rings. The van der Waals surface area contributed by atoms with Crippen LogP contribution in [0.4, 0.5) is 0 Å². The van der Waals surface area contributed by atoms with Gasteiger partial charge >= 0.3 is 0 Å². The molecule has 1 aliphatic heterocycles. The van der Waals surface area contributed by atoms with Crippen molar-refractivity contribution < 1.29 is 17.9 Å². The summed E-state index contributed by atoms with van der Waals surface area (Å²) in [5.41, 5.74) is 3.45. The molecule has 174 valence electrons. The number of carbonyl (C=O) groups is 1. The second-order valence-corrected chi connectivity index (χ2v) is 10.9. The Kier molecular flexibility index (Phi) is 6.36. The topological polar surface area (TPSA) is 66.9 Å². The number of sulfonamides is 1. The Bertz CT molecular complexity index is 1130. The second kappa shape index (κ2) is 9.41. The van der Waals surface area contributed by atoms with Gasteiger partial charge in [0.25, 0.3) is 0 Å². The number of aryl methyl sites for hydroxylation is 1. The van der Waals surface area contributed by atoms with E-state index in [0.717, 1.165) is 37.7 Å². The molecule has 0 bridgehead atoms. The molecule has 1 atom stereocenters. The number of benzene rings is 2. The third kappa shape index (κ3) is 4.76. The highest BCUT2D eigenvalue weighted by atomic mass is 32.2. The first-order chi connectivity index (χ1) is 16.0. The summed E-state index contributed by atoms with van der Waals surface area (Å²) >= 11 is 0. The van der Waals surface area contributed by atoms with Gasteiger partial charge in [-0.2, -0.15) is 4.31 Å². The summed E-state index contributed by atoms with van der Waals surface area (Å²) in [5, 5.41) is 0. The van der Waals surface area contributed by atoms with Crippen LogP contribution in [0.5, 0.6) is 0 Å². The number of morpholine rings is 1. The van der Waals surface area contributed by atoms with Crippen LogP contribution < -0.4 is 0 Å². The standard InChI is InChI=1S/C26H30N2O4S/c29-26(28(22-11-12-22)25-7-3-5-21-4-1-2-6-24(21)25)15-10-20-8-13-23(14-9-20)33(30,31)27-16-18-32-19-17-27/h1-2,4,6,8-10,13-15,22,25H,3,5,7,11-12,16-19H2/b15-10+. The number of carbonyl (C=O) groups excluding carboxylic acids is 1. The van der Waals surface area contributed by atoms with Gasteiger partial charge in [-0.1, -0.05) is 36.4 Å². The molecule has 0 radical (unpaired) electrons. The average molecular weight is 467 g/mol.